The monoisotopic (exact) mass is 324 g/mol. The normalized spacial score (nSPS) is 10.6. The number of fused-ring (bicyclic) bond motifs is 1. The molecule has 24 heavy (non-hydrogen) atoms. The number of amides is 1. The van der Waals surface area contributed by atoms with Crippen LogP contribution in [0.5, 0.6) is 11.5 Å². The average Bonchev–Trinajstić information content (AvgIpc) is 2.92. The molecule has 124 valence electrons. The van der Waals surface area contributed by atoms with E-state index in [0.717, 1.165) is 28.1 Å². The lowest BCUT2D eigenvalue weighted by Gasteiger charge is -2.07. The lowest BCUT2D eigenvalue weighted by atomic mass is 10.2. The van der Waals surface area contributed by atoms with Gasteiger partial charge in [0.1, 0.15) is 17.2 Å². The van der Waals surface area contributed by atoms with Crippen molar-refractivity contribution in [3.63, 3.8) is 0 Å². The highest BCUT2D eigenvalue weighted by Gasteiger charge is 2.14. The van der Waals surface area contributed by atoms with E-state index in [4.69, 9.17) is 9.47 Å². The highest BCUT2D eigenvalue weighted by Crippen LogP contribution is 2.25. The summed E-state index contributed by atoms with van der Waals surface area (Å²) < 4.78 is 12.5. The molecule has 3 aromatic rings. The van der Waals surface area contributed by atoms with Gasteiger partial charge in [-0.15, -0.1) is 0 Å². The van der Waals surface area contributed by atoms with E-state index in [2.05, 4.69) is 5.32 Å². The van der Waals surface area contributed by atoms with Gasteiger partial charge in [-0.05, 0) is 55.5 Å². The zero-order valence-corrected chi connectivity index (χ0v) is 14.0. The van der Waals surface area contributed by atoms with Crippen LogP contribution in [0.3, 0.4) is 0 Å². The van der Waals surface area contributed by atoms with Crippen molar-refractivity contribution in [2.24, 2.45) is 7.05 Å². The first-order valence-corrected chi connectivity index (χ1v) is 7.80. The van der Waals surface area contributed by atoms with Crippen molar-refractivity contribution in [1.29, 1.82) is 0 Å². The van der Waals surface area contributed by atoms with Crippen LogP contribution < -0.4 is 14.8 Å². The van der Waals surface area contributed by atoms with E-state index in [9.17, 15) is 4.79 Å². The Morgan fingerprint density at radius 3 is 2.46 bits per heavy atom. The summed E-state index contributed by atoms with van der Waals surface area (Å²) in [6, 6.07) is 14.9. The first kappa shape index (κ1) is 15.9. The van der Waals surface area contributed by atoms with Gasteiger partial charge in [0.05, 0.1) is 13.7 Å². The van der Waals surface area contributed by atoms with Crippen LogP contribution in [-0.4, -0.2) is 24.2 Å². The molecule has 0 aliphatic carbocycles. The summed E-state index contributed by atoms with van der Waals surface area (Å²) in [7, 11) is 3.49. The van der Waals surface area contributed by atoms with Crippen LogP contribution in [0.15, 0.2) is 48.5 Å². The number of aryl methyl sites for hydroxylation is 1. The first-order valence-electron chi connectivity index (χ1n) is 7.80. The highest BCUT2D eigenvalue weighted by atomic mass is 16.5. The van der Waals surface area contributed by atoms with Gasteiger partial charge >= 0.3 is 0 Å². The predicted octanol–water partition coefficient (Wildman–Crippen LogP) is 3.84. The maximum absolute atomic E-state index is 12.6. The molecule has 5 heteroatoms. The van der Waals surface area contributed by atoms with Crippen molar-refractivity contribution in [1.82, 2.24) is 4.57 Å². The van der Waals surface area contributed by atoms with E-state index in [0.29, 0.717) is 12.3 Å². The maximum Gasteiger partial charge on any atom is 0.272 e. The summed E-state index contributed by atoms with van der Waals surface area (Å²) in [4.78, 5) is 12.6. The van der Waals surface area contributed by atoms with E-state index in [1.54, 1.807) is 7.11 Å². The summed E-state index contributed by atoms with van der Waals surface area (Å²) in [6.45, 7) is 2.56. The fourth-order valence-electron chi connectivity index (χ4n) is 2.67. The molecule has 0 aliphatic heterocycles. The minimum Gasteiger partial charge on any atom is -0.497 e. The van der Waals surface area contributed by atoms with E-state index in [1.165, 1.54) is 0 Å². The molecule has 1 heterocycles. The number of hydrogen-bond donors (Lipinski definition) is 1. The number of nitrogens with one attached hydrogen (secondary N) is 1. The van der Waals surface area contributed by atoms with Gasteiger partial charge in [-0.2, -0.15) is 0 Å². The predicted molar refractivity (Wildman–Crippen MR) is 95.0 cm³/mol. The van der Waals surface area contributed by atoms with Gasteiger partial charge in [-0.25, -0.2) is 0 Å². The van der Waals surface area contributed by atoms with E-state index in [1.807, 2.05) is 67.1 Å². The molecule has 1 aromatic heterocycles. The fourth-order valence-corrected chi connectivity index (χ4v) is 2.67. The zero-order valence-electron chi connectivity index (χ0n) is 14.0. The Hall–Kier alpha value is -2.95. The zero-order chi connectivity index (χ0) is 17.1. The third-order valence-corrected chi connectivity index (χ3v) is 3.91. The number of ether oxygens (including phenoxy) is 2. The molecule has 0 saturated carbocycles. The van der Waals surface area contributed by atoms with Crippen molar-refractivity contribution in [2.75, 3.05) is 19.0 Å². The van der Waals surface area contributed by atoms with Crippen molar-refractivity contribution in [2.45, 2.75) is 6.92 Å². The number of aromatic nitrogens is 1. The number of anilines is 1. The Balaban J connectivity index is 1.87. The smallest absolute Gasteiger partial charge is 0.272 e. The lowest BCUT2D eigenvalue weighted by molar-refractivity contribution is 0.101. The summed E-state index contributed by atoms with van der Waals surface area (Å²) in [6.07, 6.45) is 0. The Labute approximate surface area is 140 Å². The molecule has 0 atom stereocenters. The quantitative estimate of drug-likeness (QED) is 0.776. The molecule has 2 aromatic carbocycles. The van der Waals surface area contributed by atoms with Crippen LogP contribution in [-0.2, 0) is 7.05 Å². The Kier molecular flexibility index (Phi) is 4.42. The van der Waals surface area contributed by atoms with Gasteiger partial charge in [0.25, 0.3) is 5.91 Å². The topological polar surface area (TPSA) is 52.5 Å². The van der Waals surface area contributed by atoms with Gasteiger partial charge in [0, 0.05) is 23.6 Å². The van der Waals surface area contributed by atoms with Crippen LogP contribution in [0.25, 0.3) is 10.9 Å². The summed E-state index contributed by atoms with van der Waals surface area (Å²) in [5.41, 5.74) is 2.30. The molecule has 0 spiro atoms. The van der Waals surface area contributed by atoms with Gasteiger partial charge in [0.15, 0.2) is 0 Å². The van der Waals surface area contributed by atoms with Gasteiger partial charge in [-0.3, -0.25) is 4.79 Å². The average molecular weight is 324 g/mol. The van der Waals surface area contributed by atoms with Crippen molar-refractivity contribution in [3.05, 3.63) is 54.2 Å². The van der Waals surface area contributed by atoms with Crippen LogP contribution in [0, 0.1) is 0 Å². The van der Waals surface area contributed by atoms with Crippen molar-refractivity contribution < 1.29 is 14.3 Å². The molecule has 0 saturated heterocycles. The second-order valence-electron chi connectivity index (χ2n) is 5.42. The summed E-state index contributed by atoms with van der Waals surface area (Å²) >= 11 is 0. The van der Waals surface area contributed by atoms with Gasteiger partial charge in [0.2, 0.25) is 0 Å². The first-order chi connectivity index (χ1) is 11.6. The number of nitrogens with zero attached hydrogens (tertiary/aromatic N) is 1. The third-order valence-electron chi connectivity index (χ3n) is 3.91. The van der Waals surface area contributed by atoms with Crippen LogP contribution in [0.1, 0.15) is 17.4 Å². The van der Waals surface area contributed by atoms with E-state index >= 15 is 0 Å². The summed E-state index contributed by atoms with van der Waals surface area (Å²) in [5.74, 6) is 1.40. The number of methoxy groups -OCH3 is 1. The Morgan fingerprint density at radius 1 is 1.08 bits per heavy atom. The molecule has 0 fully saturated rings. The number of hydrogen-bond acceptors (Lipinski definition) is 3. The Bertz CT molecular complexity index is 866. The number of carbonyl (C=O) groups is 1. The van der Waals surface area contributed by atoms with E-state index < -0.39 is 0 Å². The molecular formula is C19H20N2O3. The minimum atomic E-state index is -0.156. The molecule has 1 N–H and O–H groups in total. The maximum atomic E-state index is 12.6. The lowest BCUT2D eigenvalue weighted by Crippen LogP contribution is -2.15. The Morgan fingerprint density at radius 2 is 1.79 bits per heavy atom. The molecule has 0 unspecified atom stereocenters. The van der Waals surface area contributed by atoms with Crippen LogP contribution in [0.2, 0.25) is 0 Å². The summed E-state index contributed by atoms with van der Waals surface area (Å²) in [5, 5.41) is 3.88. The van der Waals surface area contributed by atoms with Crippen LogP contribution in [0.4, 0.5) is 5.69 Å². The SMILES string of the molecule is CCOc1ccc2c(c1)cc(C(=O)Nc1ccc(OC)cc1)n2C. The number of rotatable bonds is 5. The molecular weight excluding hydrogens is 304 g/mol. The fraction of sp³-hybridized carbons (Fsp3) is 0.211. The standard InChI is InChI=1S/C19H20N2O3/c1-4-24-16-9-10-17-13(11-16)12-18(21(17)2)19(22)20-14-5-7-15(23-3)8-6-14/h5-12H,4H2,1-3H3,(H,20,22). The number of carbonyl (C=O) groups excluding carboxylic acids is 1. The third kappa shape index (κ3) is 3.06. The van der Waals surface area contributed by atoms with Crippen molar-refractivity contribution >= 4 is 22.5 Å². The highest BCUT2D eigenvalue weighted by molar-refractivity contribution is 6.06. The van der Waals surface area contributed by atoms with Gasteiger partial charge < -0.3 is 19.4 Å². The molecule has 0 bridgehead atoms. The van der Waals surface area contributed by atoms with Crippen molar-refractivity contribution in [3.8, 4) is 11.5 Å². The molecule has 5 nitrogen and oxygen atoms in total. The second-order valence-corrected chi connectivity index (χ2v) is 5.42. The van der Waals surface area contributed by atoms with Gasteiger partial charge in [-0.1, -0.05) is 0 Å². The molecule has 0 aliphatic rings. The minimum absolute atomic E-state index is 0.156. The van der Waals surface area contributed by atoms with Crippen LogP contribution >= 0.6 is 0 Å². The number of benzene rings is 2. The molecule has 3 rings (SSSR count). The largest absolute Gasteiger partial charge is 0.497 e. The second kappa shape index (κ2) is 6.66. The molecule has 0 radical (unpaired) electrons. The molecule has 1 amide bonds. The van der Waals surface area contributed by atoms with E-state index in [-0.39, 0.29) is 5.91 Å².